The maximum atomic E-state index is 3.58. The molecule has 1 heterocycles. The van der Waals surface area contributed by atoms with Crippen LogP contribution in [0.15, 0.2) is 71.4 Å². The molecule has 106 valence electrons. The number of rotatable bonds is 6. The Morgan fingerprint density at radius 3 is 2.43 bits per heavy atom. The van der Waals surface area contributed by atoms with Gasteiger partial charge in [0, 0.05) is 12.2 Å². The minimum absolute atomic E-state index is 0.975. The molecule has 0 aliphatic rings. The fourth-order valence-electron chi connectivity index (χ4n) is 2.44. The Balaban J connectivity index is 1.65. The van der Waals surface area contributed by atoms with Gasteiger partial charge in [0.2, 0.25) is 0 Å². The number of hydrogen-bond acceptors (Lipinski definition) is 2. The minimum atomic E-state index is 0.975. The van der Waals surface area contributed by atoms with Gasteiger partial charge in [-0.2, -0.15) is 11.3 Å². The van der Waals surface area contributed by atoms with Crippen molar-refractivity contribution in [2.45, 2.75) is 12.8 Å². The molecule has 21 heavy (non-hydrogen) atoms. The zero-order valence-corrected chi connectivity index (χ0v) is 12.8. The van der Waals surface area contributed by atoms with Gasteiger partial charge in [-0.15, -0.1) is 0 Å². The molecule has 0 saturated heterocycles. The molecule has 1 N–H and O–H groups in total. The first-order valence-electron chi connectivity index (χ1n) is 7.28. The van der Waals surface area contributed by atoms with Gasteiger partial charge in [-0.05, 0) is 52.4 Å². The quantitative estimate of drug-likeness (QED) is 0.675. The van der Waals surface area contributed by atoms with Crippen LogP contribution in [-0.4, -0.2) is 6.54 Å². The van der Waals surface area contributed by atoms with Crippen LogP contribution in [0.25, 0.3) is 0 Å². The predicted molar refractivity (Wildman–Crippen MR) is 92.2 cm³/mol. The van der Waals surface area contributed by atoms with E-state index in [0.29, 0.717) is 0 Å². The average Bonchev–Trinajstić information content (AvgIpc) is 3.03. The third-order valence-corrected chi connectivity index (χ3v) is 4.30. The highest BCUT2D eigenvalue weighted by molar-refractivity contribution is 7.07. The lowest BCUT2D eigenvalue weighted by atomic mass is 10.0. The molecule has 1 nitrogen and oxygen atoms in total. The fraction of sp³-hybridized carbons (Fsp3) is 0.158. The zero-order chi connectivity index (χ0) is 14.3. The third kappa shape index (κ3) is 3.96. The van der Waals surface area contributed by atoms with Crippen molar-refractivity contribution < 1.29 is 0 Å². The van der Waals surface area contributed by atoms with Crippen LogP contribution in [0.1, 0.15) is 16.7 Å². The molecule has 0 spiro atoms. The summed E-state index contributed by atoms with van der Waals surface area (Å²) in [6, 6.07) is 21.4. The zero-order valence-electron chi connectivity index (χ0n) is 12.0. The highest BCUT2D eigenvalue weighted by Crippen LogP contribution is 2.19. The van der Waals surface area contributed by atoms with E-state index in [-0.39, 0.29) is 0 Å². The molecule has 0 bridgehead atoms. The predicted octanol–water partition coefficient (Wildman–Crippen LogP) is 4.99. The third-order valence-electron chi connectivity index (χ3n) is 3.56. The van der Waals surface area contributed by atoms with Crippen molar-refractivity contribution in [2.75, 3.05) is 11.9 Å². The van der Waals surface area contributed by atoms with Crippen LogP contribution in [0.4, 0.5) is 5.69 Å². The lowest BCUT2D eigenvalue weighted by Gasteiger charge is -2.12. The topological polar surface area (TPSA) is 12.0 Å². The normalized spacial score (nSPS) is 10.5. The van der Waals surface area contributed by atoms with Crippen LogP contribution in [0, 0.1) is 0 Å². The molecule has 0 aliphatic heterocycles. The monoisotopic (exact) mass is 293 g/mol. The number of benzene rings is 2. The van der Waals surface area contributed by atoms with E-state index in [1.807, 2.05) is 0 Å². The van der Waals surface area contributed by atoms with E-state index >= 15 is 0 Å². The van der Waals surface area contributed by atoms with E-state index in [2.05, 4.69) is 76.7 Å². The van der Waals surface area contributed by atoms with Crippen LogP contribution < -0.4 is 5.32 Å². The summed E-state index contributed by atoms with van der Waals surface area (Å²) in [5, 5.41) is 7.93. The number of thiophene rings is 1. The van der Waals surface area contributed by atoms with Crippen LogP contribution in [-0.2, 0) is 12.8 Å². The maximum Gasteiger partial charge on any atom is 0.0376 e. The Morgan fingerprint density at radius 2 is 1.62 bits per heavy atom. The van der Waals surface area contributed by atoms with E-state index in [4.69, 9.17) is 0 Å². The molecular formula is C19H19NS. The molecule has 0 aliphatic carbocycles. The van der Waals surface area contributed by atoms with E-state index < -0.39 is 0 Å². The van der Waals surface area contributed by atoms with Crippen molar-refractivity contribution >= 4 is 17.0 Å². The Labute approximate surface area is 130 Å². The highest BCUT2D eigenvalue weighted by Gasteiger charge is 2.02. The van der Waals surface area contributed by atoms with Crippen LogP contribution >= 0.6 is 11.3 Å². The first-order valence-corrected chi connectivity index (χ1v) is 8.23. The number of hydrogen-bond donors (Lipinski definition) is 1. The van der Waals surface area contributed by atoms with Crippen molar-refractivity contribution in [3.05, 3.63) is 88.1 Å². The van der Waals surface area contributed by atoms with Gasteiger partial charge >= 0.3 is 0 Å². The van der Waals surface area contributed by atoms with Gasteiger partial charge in [0.1, 0.15) is 0 Å². The molecule has 2 aromatic carbocycles. The van der Waals surface area contributed by atoms with Gasteiger partial charge in [0.15, 0.2) is 0 Å². The van der Waals surface area contributed by atoms with Crippen LogP contribution in [0.3, 0.4) is 0 Å². The molecule has 2 heteroatoms. The second-order valence-corrected chi connectivity index (χ2v) is 5.91. The summed E-state index contributed by atoms with van der Waals surface area (Å²) in [6.07, 6.45) is 2.05. The first-order chi connectivity index (χ1) is 10.4. The fourth-order valence-corrected chi connectivity index (χ4v) is 3.14. The molecule has 3 rings (SSSR count). The Kier molecular flexibility index (Phi) is 4.70. The van der Waals surface area contributed by atoms with Gasteiger partial charge in [0.25, 0.3) is 0 Å². The highest BCUT2D eigenvalue weighted by atomic mass is 32.1. The van der Waals surface area contributed by atoms with Crippen LogP contribution in [0.2, 0.25) is 0 Å². The lowest BCUT2D eigenvalue weighted by molar-refractivity contribution is 1.02. The molecule has 1 aromatic heterocycles. The molecule has 0 radical (unpaired) electrons. The standard InChI is InChI=1S/C19H19NS/c1-2-6-16(7-3-1)14-18-8-4-5-9-19(18)20-12-10-17-11-13-21-15-17/h1-9,11,13,15,20H,10,12,14H2. The molecule has 0 amide bonds. The second kappa shape index (κ2) is 7.09. The van der Waals surface area contributed by atoms with E-state index in [9.17, 15) is 0 Å². The van der Waals surface area contributed by atoms with E-state index in [1.165, 1.54) is 22.4 Å². The summed E-state index contributed by atoms with van der Waals surface area (Å²) < 4.78 is 0. The van der Waals surface area contributed by atoms with Crippen molar-refractivity contribution in [1.82, 2.24) is 0 Å². The van der Waals surface area contributed by atoms with Crippen LogP contribution in [0.5, 0.6) is 0 Å². The summed E-state index contributed by atoms with van der Waals surface area (Å²) in [4.78, 5) is 0. The minimum Gasteiger partial charge on any atom is -0.384 e. The number of anilines is 1. The largest absolute Gasteiger partial charge is 0.384 e. The molecule has 3 aromatic rings. The number of nitrogens with one attached hydrogen (secondary N) is 1. The molecule has 0 unspecified atom stereocenters. The smallest absolute Gasteiger partial charge is 0.0376 e. The second-order valence-electron chi connectivity index (χ2n) is 5.13. The lowest BCUT2D eigenvalue weighted by Crippen LogP contribution is -2.06. The maximum absolute atomic E-state index is 3.58. The molecule has 0 fully saturated rings. The van der Waals surface area contributed by atoms with Crippen molar-refractivity contribution in [1.29, 1.82) is 0 Å². The van der Waals surface area contributed by atoms with E-state index in [0.717, 1.165) is 19.4 Å². The molecule has 0 saturated carbocycles. The Hall–Kier alpha value is -2.06. The van der Waals surface area contributed by atoms with Gasteiger partial charge in [-0.25, -0.2) is 0 Å². The van der Waals surface area contributed by atoms with Crippen molar-refractivity contribution in [3.8, 4) is 0 Å². The van der Waals surface area contributed by atoms with Gasteiger partial charge < -0.3 is 5.32 Å². The van der Waals surface area contributed by atoms with E-state index in [1.54, 1.807) is 11.3 Å². The molecular weight excluding hydrogens is 274 g/mol. The Morgan fingerprint density at radius 1 is 0.810 bits per heavy atom. The van der Waals surface area contributed by atoms with Gasteiger partial charge in [0.05, 0.1) is 0 Å². The summed E-state index contributed by atoms with van der Waals surface area (Å²) in [7, 11) is 0. The van der Waals surface area contributed by atoms with Crippen molar-refractivity contribution in [3.63, 3.8) is 0 Å². The molecule has 0 atom stereocenters. The summed E-state index contributed by atoms with van der Waals surface area (Å²) in [5.41, 5.74) is 5.36. The number of para-hydroxylation sites is 1. The van der Waals surface area contributed by atoms with Gasteiger partial charge in [-0.3, -0.25) is 0 Å². The van der Waals surface area contributed by atoms with Gasteiger partial charge in [-0.1, -0.05) is 48.5 Å². The SMILES string of the molecule is c1ccc(Cc2ccccc2NCCc2ccsc2)cc1. The Bertz CT molecular complexity index is 659. The summed E-state index contributed by atoms with van der Waals surface area (Å²) >= 11 is 1.76. The van der Waals surface area contributed by atoms with Crippen molar-refractivity contribution in [2.24, 2.45) is 0 Å². The first kappa shape index (κ1) is 13.9. The summed E-state index contributed by atoms with van der Waals surface area (Å²) in [6.45, 7) is 0.975. The average molecular weight is 293 g/mol. The summed E-state index contributed by atoms with van der Waals surface area (Å²) in [5.74, 6) is 0.